The SMILES string of the molecule is O=[N+]([O-])c1ccc(Br)cc1CNc1cccc(F)c1F. The highest BCUT2D eigenvalue weighted by Gasteiger charge is 2.14. The van der Waals surface area contributed by atoms with Crippen LogP contribution in [0, 0.1) is 21.7 Å². The van der Waals surface area contributed by atoms with Gasteiger partial charge in [0.25, 0.3) is 5.69 Å². The number of halogens is 3. The highest BCUT2D eigenvalue weighted by molar-refractivity contribution is 9.10. The Labute approximate surface area is 121 Å². The summed E-state index contributed by atoms with van der Waals surface area (Å²) in [6.45, 7) is 0.0100. The lowest BCUT2D eigenvalue weighted by Crippen LogP contribution is -2.05. The van der Waals surface area contributed by atoms with E-state index < -0.39 is 16.6 Å². The Hall–Kier alpha value is -2.02. The molecule has 0 spiro atoms. The first kappa shape index (κ1) is 14.4. The van der Waals surface area contributed by atoms with Crippen LogP contribution in [0.3, 0.4) is 0 Å². The van der Waals surface area contributed by atoms with E-state index in [1.807, 2.05) is 0 Å². The van der Waals surface area contributed by atoms with Gasteiger partial charge < -0.3 is 5.32 Å². The second-order valence-corrected chi connectivity index (χ2v) is 4.90. The Morgan fingerprint density at radius 3 is 2.70 bits per heavy atom. The molecule has 20 heavy (non-hydrogen) atoms. The van der Waals surface area contributed by atoms with Crippen LogP contribution in [0.25, 0.3) is 0 Å². The molecule has 104 valence electrons. The molecular weight excluding hydrogens is 334 g/mol. The second kappa shape index (κ2) is 5.96. The monoisotopic (exact) mass is 342 g/mol. The lowest BCUT2D eigenvalue weighted by Gasteiger charge is -2.08. The van der Waals surface area contributed by atoms with E-state index in [1.165, 1.54) is 18.2 Å². The van der Waals surface area contributed by atoms with Gasteiger partial charge in [-0.2, -0.15) is 0 Å². The summed E-state index contributed by atoms with van der Waals surface area (Å²) in [5.41, 5.74) is 0.241. The van der Waals surface area contributed by atoms with Gasteiger partial charge in [0.05, 0.1) is 10.6 Å². The van der Waals surface area contributed by atoms with Crippen LogP contribution in [0.2, 0.25) is 0 Å². The van der Waals surface area contributed by atoms with Crippen molar-refractivity contribution in [3.63, 3.8) is 0 Å². The molecule has 0 atom stereocenters. The van der Waals surface area contributed by atoms with Crippen LogP contribution in [-0.4, -0.2) is 4.92 Å². The summed E-state index contributed by atoms with van der Waals surface area (Å²) in [5.74, 6) is -1.98. The average Bonchev–Trinajstić information content (AvgIpc) is 2.40. The van der Waals surface area contributed by atoms with Crippen molar-refractivity contribution < 1.29 is 13.7 Å². The summed E-state index contributed by atoms with van der Waals surface area (Å²) in [7, 11) is 0. The van der Waals surface area contributed by atoms with Gasteiger partial charge in [0.15, 0.2) is 11.6 Å². The van der Waals surface area contributed by atoms with E-state index in [4.69, 9.17) is 0 Å². The van der Waals surface area contributed by atoms with Gasteiger partial charge >= 0.3 is 0 Å². The minimum atomic E-state index is -1.01. The highest BCUT2D eigenvalue weighted by atomic mass is 79.9. The van der Waals surface area contributed by atoms with E-state index in [-0.39, 0.29) is 17.9 Å². The molecule has 4 nitrogen and oxygen atoms in total. The number of benzene rings is 2. The fraction of sp³-hybridized carbons (Fsp3) is 0.0769. The standard InChI is InChI=1S/C13H9BrF2N2O2/c14-9-4-5-12(18(19)20)8(6-9)7-17-11-3-1-2-10(15)13(11)16/h1-6,17H,7H2. The molecular formula is C13H9BrF2N2O2. The summed E-state index contributed by atoms with van der Waals surface area (Å²) < 4.78 is 27.2. The van der Waals surface area contributed by atoms with Crippen molar-refractivity contribution in [2.75, 3.05) is 5.32 Å². The van der Waals surface area contributed by atoms with Crippen molar-refractivity contribution in [1.29, 1.82) is 0 Å². The number of hydrogen-bond acceptors (Lipinski definition) is 3. The minimum absolute atomic E-state index is 0.0100. The maximum absolute atomic E-state index is 13.5. The lowest BCUT2D eigenvalue weighted by atomic mass is 10.1. The predicted molar refractivity (Wildman–Crippen MR) is 74.5 cm³/mol. The van der Waals surface area contributed by atoms with E-state index in [2.05, 4.69) is 21.2 Å². The largest absolute Gasteiger partial charge is 0.378 e. The summed E-state index contributed by atoms with van der Waals surface area (Å²) in [6.07, 6.45) is 0. The molecule has 0 amide bonds. The van der Waals surface area contributed by atoms with Gasteiger partial charge in [0.1, 0.15) is 0 Å². The lowest BCUT2D eigenvalue weighted by molar-refractivity contribution is -0.385. The summed E-state index contributed by atoms with van der Waals surface area (Å²) in [5, 5.41) is 13.5. The molecule has 0 unspecified atom stereocenters. The molecule has 1 N–H and O–H groups in total. The molecule has 0 saturated heterocycles. The van der Waals surface area contributed by atoms with Crippen LogP contribution >= 0.6 is 15.9 Å². The fourth-order valence-electron chi connectivity index (χ4n) is 1.70. The van der Waals surface area contributed by atoms with Crippen molar-refractivity contribution >= 4 is 27.3 Å². The molecule has 0 fully saturated rings. The Kier molecular flexibility index (Phi) is 4.29. The number of nitro benzene ring substituents is 1. The fourth-order valence-corrected chi connectivity index (χ4v) is 2.11. The van der Waals surface area contributed by atoms with Crippen LogP contribution in [0.1, 0.15) is 5.56 Å². The van der Waals surface area contributed by atoms with Crippen molar-refractivity contribution in [2.24, 2.45) is 0 Å². The van der Waals surface area contributed by atoms with Crippen LogP contribution < -0.4 is 5.32 Å². The van der Waals surface area contributed by atoms with E-state index >= 15 is 0 Å². The quantitative estimate of drug-likeness (QED) is 0.667. The molecule has 0 saturated carbocycles. The van der Waals surface area contributed by atoms with Crippen LogP contribution in [0.15, 0.2) is 40.9 Å². The maximum Gasteiger partial charge on any atom is 0.274 e. The minimum Gasteiger partial charge on any atom is -0.378 e. The zero-order valence-corrected chi connectivity index (χ0v) is 11.7. The topological polar surface area (TPSA) is 55.2 Å². The summed E-state index contributed by atoms with van der Waals surface area (Å²) in [4.78, 5) is 10.4. The molecule has 0 aliphatic heterocycles. The van der Waals surface area contributed by atoms with Gasteiger partial charge in [-0.05, 0) is 24.3 Å². The molecule has 0 heterocycles. The number of nitrogens with zero attached hydrogens (tertiary/aromatic N) is 1. The zero-order valence-electron chi connectivity index (χ0n) is 10.1. The van der Waals surface area contributed by atoms with Crippen molar-refractivity contribution in [2.45, 2.75) is 6.54 Å². The summed E-state index contributed by atoms with van der Waals surface area (Å²) >= 11 is 3.21. The number of hydrogen-bond donors (Lipinski definition) is 1. The van der Waals surface area contributed by atoms with Crippen molar-refractivity contribution in [3.8, 4) is 0 Å². The van der Waals surface area contributed by atoms with E-state index in [0.29, 0.717) is 10.0 Å². The van der Waals surface area contributed by atoms with E-state index in [0.717, 1.165) is 6.07 Å². The Bertz CT molecular complexity index is 665. The first-order valence-electron chi connectivity index (χ1n) is 5.59. The first-order valence-corrected chi connectivity index (χ1v) is 6.39. The summed E-state index contributed by atoms with van der Waals surface area (Å²) in [6, 6.07) is 8.18. The van der Waals surface area contributed by atoms with Crippen LogP contribution in [0.4, 0.5) is 20.2 Å². The van der Waals surface area contributed by atoms with Crippen molar-refractivity contribution in [1.82, 2.24) is 0 Å². The molecule has 2 rings (SSSR count). The second-order valence-electron chi connectivity index (χ2n) is 3.99. The Balaban J connectivity index is 2.24. The van der Waals surface area contributed by atoms with Gasteiger partial charge in [-0.15, -0.1) is 0 Å². The Morgan fingerprint density at radius 2 is 2.00 bits per heavy atom. The van der Waals surface area contributed by atoms with Gasteiger partial charge in [-0.25, -0.2) is 8.78 Å². The zero-order chi connectivity index (χ0) is 14.7. The van der Waals surface area contributed by atoms with Gasteiger partial charge in [0.2, 0.25) is 0 Å². The highest BCUT2D eigenvalue weighted by Crippen LogP contribution is 2.25. The average molecular weight is 343 g/mol. The Morgan fingerprint density at radius 1 is 1.25 bits per heavy atom. The molecule has 0 aromatic heterocycles. The normalized spacial score (nSPS) is 10.3. The third-order valence-corrected chi connectivity index (χ3v) is 3.15. The van der Waals surface area contributed by atoms with Gasteiger partial charge in [0, 0.05) is 22.6 Å². The van der Waals surface area contributed by atoms with Gasteiger partial charge in [-0.1, -0.05) is 22.0 Å². The maximum atomic E-state index is 13.5. The third kappa shape index (κ3) is 3.11. The van der Waals surface area contributed by atoms with E-state index in [1.54, 1.807) is 12.1 Å². The molecule has 0 aliphatic rings. The molecule has 0 bridgehead atoms. The smallest absolute Gasteiger partial charge is 0.274 e. The van der Waals surface area contributed by atoms with Crippen molar-refractivity contribution in [3.05, 3.63) is 68.2 Å². The first-order chi connectivity index (χ1) is 9.49. The molecule has 7 heteroatoms. The number of anilines is 1. The third-order valence-electron chi connectivity index (χ3n) is 2.66. The molecule has 2 aromatic rings. The number of rotatable bonds is 4. The number of nitro groups is 1. The number of nitrogens with one attached hydrogen (secondary N) is 1. The molecule has 0 radical (unpaired) electrons. The van der Waals surface area contributed by atoms with Gasteiger partial charge in [-0.3, -0.25) is 10.1 Å². The van der Waals surface area contributed by atoms with Crippen LogP contribution in [0.5, 0.6) is 0 Å². The molecule has 0 aliphatic carbocycles. The van der Waals surface area contributed by atoms with E-state index in [9.17, 15) is 18.9 Å². The predicted octanol–water partition coefficient (Wildman–Crippen LogP) is 4.25. The molecule has 2 aromatic carbocycles. The van der Waals surface area contributed by atoms with Crippen LogP contribution in [-0.2, 0) is 6.54 Å².